The third kappa shape index (κ3) is 3.19. The predicted molar refractivity (Wildman–Crippen MR) is 65.5 cm³/mol. The number of aryl methyl sites for hydroxylation is 1. The average Bonchev–Trinajstić information content (AvgIpc) is 2.33. The summed E-state index contributed by atoms with van der Waals surface area (Å²) in [4.78, 5) is 3.46. The molecule has 1 aromatic heterocycles. The molecule has 0 saturated heterocycles. The molecule has 0 aliphatic heterocycles. The molecule has 0 amide bonds. The third-order valence-electron chi connectivity index (χ3n) is 2.43. The van der Waals surface area contributed by atoms with Gasteiger partial charge < -0.3 is 4.74 Å². The fraction of sp³-hybridized carbons (Fsp3) is 0.154. The molecule has 1 aromatic carbocycles. The minimum absolute atomic E-state index is 0.162. The molecule has 0 atom stereocenters. The first-order chi connectivity index (χ1) is 9.27. The van der Waals surface area contributed by atoms with Gasteiger partial charge >= 0.3 is 6.18 Å². The topological polar surface area (TPSA) is 22.1 Å². The third-order valence-corrected chi connectivity index (χ3v) is 2.70. The number of aromatic nitrogens is 1. The highest BCUT2D eigenvalue weighted by molar-refractivity contribution is 6.31. The monoisotopic (exact) mass is 305 g/mol. The van der Waals surface area contributed by atoms with Crippen molar-refractivity contribution in [2.45, 2.75) is 13.1 Å². The van der Waals surface area contributed by atoms with Crippen LogP contribution in [0, 0.1) is 12.7 Å². The van der Waals surface area contributed by atoms with Crippen molar-refractivity contribution in [1.29, 1.82) is 0 Å². The zero-order valence-corrected chi connectivity index (χ0v) is 10.9. The Morgan fingerprint density at radius 1 is 1.20 bits per heavy atom. The van der Waals surface area contributed by atoms with E-state index < -0.39 is 17.6 Å². The Balaban J connectivity index is 2.30. The second-order valence-corrected chi connectivity index (χ2v) is 4.45. The van der Waals surface area contributed by atoms with Crippen molar-refractivity contribution >= 4 is 11.6 Å². The Kier molecular flexibility index (Phi) is 3.85. The molecule has 1 heterocycles. The molecule has 0 aliphatic carbocycles. The van der Waals surface area contributed by atoms with Gasteiger partial charge in [0.1, 0.15) is 5.02 Å². The van der Waals surface area contributed by atoms with Gasteiger partial charge in [0.15, 0.2) is 11.6 Å². The maximum Gasteiger partial charge on any atom is 0.417 e. The van der Waals surface area contributed by atoms with Gasteiger partial charge in [0.25, 0.3) is 0 Å². The number of benzene rings is 1. The summed E-state index contributed by atoms with van der Waals surface area (Å²) in [7, 11) is 0. The van der Waals surface area contributed by atoms with Gasteiger partial charge in [-0.1, -0.05) is 17.7 Å². The smallest absolute Gasteiger partial charge is 0.417 e. The van der Waals surface area contributed by atoms with Crippen LogP contribution in [0.25, 0.3) is 0 Å². The number of ether oxygens (including phenoxy) is 1. The van der Waals surface area contributed by atoms with E-state index in [0.29, 0.717) is 17.8 Å². The molecular formula is C13H8ClF4NO. The molecule has 0 saturated carbocycles. The first-order valence-electron chi connectivity index (χ1n) is 5.44. The van der Waals surface area contributed by atoms with E-state index in [9.17, 15) is 17.6 Å². The fourth-order valence-corrected chi connectivity index (χ4v) is 1.65. The van der Waals surface area contributed by atoms with E-state index in [-0.39, 0.29) is 16.7 Å². The van der Waals surface area contributed by atoms with Crippen molar-refractivity contribution in [3.05, 3.63) is 52.4 Å². The molecular weight excluding hydrogens is 298 g/mol. The van der Waals surface area contributed by atoms with Crippen LogP contribution in [-0.2, 0) is 6.18 Å². The number of rotatable bonds is 2. The molecule has 7 heteroatoms. The summed E-state index contributed by atoms with van der Waals surface area (Å²) in [5, 5.41) is -0.347. The summed E-state index contributed by atoms with van der Waals surface area (Å²) < 4.78 is 55.9. The number of pyridine rings is 1. The highest BCUT2D eigenvalue weighted by Crippen LogP contribution is 2.35. The zero-order chi connectivity index (χ0) is 14.9. The van der Waals surface area contributed by atoms with Gasteiger partial charge in [0.05, 0.1) is 5.56 Å². The van der Waals surface area contributed by atoms with E-state index in [1.165, 1.54) is 12.1 Å². The lowest BCUT2D eigenvalue weighted by Gasteiger charge is -2.10. The summed E-state index contributed by atoms with van der Waals surface area (Å²) >= 11 is 5.66. The van der Waals surface area contributed by atoms with Gasteiger partial charge in [0.2, 0.25) is 5.88 Å². The van der Waals surface area contributed by atoms with Gasteiger partial charge in [0, 0.05) is 6.20 Å². The van der Waals surface area contributed by atoms with E-state index >= 15 is 0 Å². The number of nitrogens with zero attached hydrogens (tertiary/aromatic N) is 1. The van der Waals surface area contributed by atoms with Crippen LogP contribution < -0.4 is 4.74 Å². The lowest BCUT2D eigenvalue weighted by atomic mass is 10.2. The van der Waals surface area contributed by atoms with Crippen LogP contribution in [0.3, 0.4) is 0 Å². The number of halogens is 5. The van der Waals surface area contributed by atoms with E-state index in [0.717, 1.165) is 0 Å². The van der Waals surface area contributed by atoms with Gasteiger partial charge in [-0.15, -0.1) is 0 Å². The molecule has 0 spiro atoms. The zero-order valence-electron chi connectivity index (χ0n) is 10.1. The van der Waals surface area contributed by atoms with Crippen LogP contribution in [-0.4, -0.2) is 4.98 Å². The maximum absolute atomic E-state index is 13.6. The summed E-state index contributed by atoms with van der Waals surface area (Å²) in [6, 6.07) is 4.85. The fourth-order valence-electron chi connectivity index (χ4n) is 1.45. The van der Waals surface area contributed by atoms with Crippen molar-refractivity contribution in [3.8, 4) is 11.6 Å². The molecule has 0 bridgehead atoms. The summed E-state index contributed by atoms with van der Waals surface area (Å²) in [5.41, 5.74) is -0.319. The van der Waals surface area contributed by atoms with E-state index in [4.69, 9.17) is 16.3 Å². The Hall–Kier alpha value is -1.82. The van der Waals surface area contributed by atoms with Gasteiger partial charge in [-0.3, -0.25) is 0 Å². The molecule has 2 rings (SSSR count). The molecule has 0 aliphatic rings. The normalized spacial score (nSPS) is 11.5. The first-order valence-corrected chi connectivity index (χ1v) is 5.82. The summed E-state index contributed by atoms with van der Waals surface area (Å²) in [6.45, 7) is 1.69. The lowest BCUT2D eigenvalue weighted by molar-refractivity contribution is -0.137. The Bertz CT molecular complexity index is 643. The van der Waals surface area contributed by atoms with Crippen LogP contribution in [0.15, 0.2) is 30.5 Å². The van der Waals surface area contributed by atoms with Crippen molar-refractivity contribution in [1.82, 2.24) is 4.98 Å². The van der Waals surface area contributed by atoms with Crippen LogP contribution in [0.1, 0.15) is 11.1 Å². The highest BCUT2D eigenvalue weighted by Gasteiger charge is 2.31. The predicted octanol–water partition coefficient (Wildman–Crippen LogP) is 4.99. The van der Waals surface area contributed by atoms with Crippen molar-refractivity contribution in [3.63, 3.8) is 0 Å². The largest absolute Gasteiger partial charge is 0.434 e. The Labute approximate surface area is 117 Å². The molecule has 0 unspecified atom stereocenters. The average molecular weight is 306 g/mol. The molecule has 2 nitrogen and oxygen atoms in total. The quantitative estimate of drug-likeness (QED) is 0.729. The molecule has 0 N–H and O–H groups in total. The van der Waals surface area contributed by atoms with Crippen LogP contribution in [0.5, 0.6) is 11.6 Å². The lowest BCUT2D eigenvalue weighted by Crippen LogP contribution is -2.06. The maximum atomic E-state index is 13.6. The van der Waals surface area contributed by atoms with E-state index in [1.54, 1.807) is 13.0 Å². The van der Waals surface area contributed by atoms with Crippen molar-refractivity contribution in [2.75, 3.05) is 0 Å². The highest BCUT2D eigenvalue weighted by atomic mass is 35.5. The minimum Gasteiger partial charge on any atom is -0.434 e. The Morgan fingerprint density at radius 2 is 1.90 bits per heavy atom. The van der Waals surface area contributed by atoms with Gasteiger partial charge in [-0.05, 0) is 30.7 Å². The van der Waals surface area contributed by atoms with Gasteiger partial charge in [-0.2, -0.15) is 13.2 Å². The van der Waals surface area contributed by atoms with Gasteiger partial charge in [-0.25, -0.2) is 9.37 Å². The van der Waals surface area contributed by atoms with Crippen molar-refractivity contribution < 1.29 is 22.3 Å². The SMILES string of the molecule is Cc1ccc(Oc2ncc(C(F)(F)F)cc2Cl)c(F)c1. The molecule has 0 fully saturated rings. The standard InChI is InChI=1S/C13H8ClF4NO/c1-7-2-3-11(10(15)4-7)20-12-9(14)5-8(6-19-12)13(16,17)18/h2-6H,1H3. The second kappa shape index (κ2) is 5.28. The summed E-state index contributed by atoms with van der Waals surface area (Å²) in [5.74, 6) is -1.10. The summed E-state index contributed by atoms with van der Waals surface area (Å²) in [6.07, 6.45) is -3.97. The second-order valence-electron chi connectivity index (χ2n) is 4.04. The van der Waals surface area contributed by atoms with Crippen molar-refractivity contribution in [2.24, 2.45) is 0 Å². The van der Waals surface area contributed by atoms with E-state index in [1.807, 2.05) is 0 Å². The molecule has 2 aromatic rings. The molecule has 106 valence electrons. The first kappa shape index (κ1) is 14.6. The Morgan fingerprint density at radius 3 is 2.45 bits per heavy atom. The van der Waals surface area contributed by atoms with Crippen LogP contribution in [0.4, 0.5) is 17.6 Å². The number of alkyl halides is 3. The van der Waals surface area contributed by atoms with Crippen LogP contribution >= 0.6 is 11.6 Å². The molecule has 0 radical (unpaired) electrons. The molecule has 20 heavy (non-hydrogen) atoms. The number of hydrogen-bond acceptors (Lipinski definition) is 2. The van der Waals surface area contributed by atoms with E-state index in [2.05, 4.69) is 4.98 Å². The number of hydrogen-bond donors (Lipinski definition) is 0. The van der Waals surface area contributed by atoms with Crippen LogP contribution in [0.2, 0.25) is 5.02 Å². The minimum atomic E-state index is -4.55.